The van der Waals surface area contributed by atoms with Crippen LogP contribution >= 0.6 is 11.6 Å². The van der Waals surface area contributed by atoms with Crippen LogP contribution in [0.25, 0.3) is 0 Å². The van der Waals surface area contributed by atoms with Crippen LogP contribution in [-0.2, 0) is 5.41 Å². The zero-order chi connectivity index (χ0) is 10.8. The minimum atomic E-state index is -0.376. The van der Waals surface area contributed by atoms with Crippen molar-refractivity contribution >= 4 is 11.6 Å². The fourth-order valence-electron chi connectivity index (χ4n) is 1.42. The van der Waals surface area contributed by atoms with E-state index in [0.717, 1.165) is 12.0 Å². The molecule has 0 heterocycles. The topological polar surface area (TPSA) is 26.0 Å². The number of halogens is 2. The van der Waals surface area contributed by atoms with Gasteiger partial charge in [-0.05, 0) is 36.1 Å². The number of rotatable bonds is 3. The molecule has 0 saturated heterocycles. The van der Waals surface area contributed by atoms with E-state index in [1.54, 1.807) is 12.1 Å². The molecule has 0 fully saturated rings. The maximum Gasteiger partial charge on any atom is 0.141 e. The van der Waals surface area contributed by atoms with Gasteiger partial charge < -0.3 is 5.73 Å². The Morgan fingerprint density at radius 2 is 2.07 bits per heavy atom. The van der Waals surface area contributed by atoms with Crippen LogP contribution < -0.4 is 5.73 Å². The van der Waals surface area contributed by atoms with Crippen molar-refractivity contribution in [1.82, 2.24) is 0 Å². The molecular weight excluding hydrogens is 201 g/mol. The first-order chi connectivity index (χ1) is 6.47. The quantitative estimate of drug-likeness (QED) is 0.824. The van der Waals surface area contributed by atoms with Crippen LogP contribution in [0.2, 0.25) is 5.02 Å². The lowest BCUT2D eigenvalue weighted by Gasteiger charge is -2.24. The Labute approximate surface area is 89.1 Å². The van der Waals surface area contributed by atoms with E-state index >= 15 is 0 Å². The zero-order valence-electron chi connectivity index (χ0n) is 8.48. The van der Waals surface area contributed by atoms with E-state index in [0.29, 0.717) is 6.54 Å². The molecule has 0 radical (unpaired) electrons. The Morgan fingerprint density at radius 3 is 2.57 bits per heavy atom. The van der Waals surface area contributed by atoms with Crippen LogP contribution in [0.5, 0.6) is 0 Å². The summed E-state index contributed by atoms with van der Waals surface area (Å²) in [5, 5.41) is 0.174. The van der Waals surface area contributed by atoms with Gasteiger partial charge in [0.1, 0.15) is 5.82 Å². The Hall–Kier alpha value is -0.600. The summed E-state index contributed by atoms with van der Waals surface area (Å²) in [7, 11) is 0. The van der Waals surface area contributed by atoms with Gasteiger partial charge in [-0.15, -0.1) is 0 Å². The summed E-state index contributed by atoms with van der Waals surface area (Å²) in [6.45, 7) is 4.76. The van der Waals surface area contributed by atoms with E-state index in [-0.39, 0.29) is 16.3 Å². The molecule has 1 rings (SSSR count). The molecule has 1 aromatic rings. The molecule has 0 spiro atoms. The van der Waals surface area contributed by atoms with E-state index in [2.05, 4.69) is 13.8 Å². The van der Waals surface area contributed by atoms with E-state index in [9.17, 15) is 4.39 Å². The Morgan fingerprint density at radius 1 is 1.43 bits per heavy atom. The lowest BCUT2D eigenvalue weighted by molar-refractivity contribution is 0.486. The number of nitrogens with two attached hydrogens (primary N) is 1. The first-order valence-corrected chi connectivity index (χ1v) is 5.01. The molecule has 0 unspecified atom stereocenters. The van der Waals surface area contributed by atoms with Crippen molar-refractivity contribution in [2.75, 3.05) is 6.54 Å². The van der Waals surface area contributed by atoms with Gasteiger partial charge in [-0.2, -0.15) is 0 Å². The number of hydrogen-bond acceptors (Lipinski definition) is 1. The second-order valence-electron chi connectivity index (χ2n) is 4.05. The molecule has 0 atom stereocenters. The lowest BCUT2D eigenvalue weighted by Crippen LogP contribution is -2.21. The average molecular weight is 216 g/mol. The van der Waals surface area contributed by atoms with Crippen molar-refractivity contribution in [3.63, 3.8) is 0 Å². The van der Waals surface area contributed by atoms with Crippen LogP contribution in [0.4, 0.5) is 4.39 Å². The van der Waals surface area contributed by atoms with Gasteiger partial charge in [0, 0.05) is 0 Å². The van der Waals surface area contributed by atoms with Gasteiger partial charge in [-0.25, -0.2) is 4.39 Å². The van der Waals surface area contributed by atoms with E-state index < -0.39 is 0 Å². The van der Waals surface area contributed by atoms with Crippen molar-refractivity contribution in [2.45, 2.75) is 25.7 Å². The first kappa shape index (κ1) is 11.5. The van der Waals surface area contributed by atoms with Crippen LogP contribution in [0.15, 0.2) is 18.2 Å². The van der Waals surface area contributed by atoms with Gasteiger partial charge in [0.15, 0.2) is 0 Å². The summed E-state index contributed by atoms with van der Waals surface area (Å²) < 4.78 is 12.9. The molecule has 0 aliphatic rings. The summed E-state index contributed by atoms with van der Waals surface area (Å²) in [6.07, 6.45) is 0.856. The standard InChI is InChI=1S/C11H15ClFN/c1-11(2,5-6-14)8-3-4-10(13)9(12)7-8/h3-4,7H,5-6,14H2,1-2H3. The van der Waals surface area contributed by atoms with Crippen molar-refractivity contribution < 1.29 is 4.39 Å². The van der Waals surface area contributed by atoms with Gasteiger partial charge in [-0.1, -0.05) is 31.5 Å². The highest BCUT2D eigenvalue weighted by Crippen LogP contribution is 2.29. The first-order valence-electron chi connectivity index (χ1n) is 4.63. The molecular formula is C11H15ClFN. The fraction of sp³-hybridized carbons (Fsp3) is 0.455. The summed E-state index contributed by atoms with van der Waals surface area (Å²) in [4.78, 5) is 0. The average Bonchev–Trinajstić information content (AvgIpc) is 2.09. The number of benzene rings is 1. The van der Waals surface area contributed by atoms with E-state index in [1.165, 1.54) is 6.07 Å². The fourth-order valence-corrected chi connectivity index (χ4v) is 1.60. The zero-order valence-corrected chi connectivity index (χ0v) is 9.24. The second kappa shape index (κ2) is 4.28. The third kappa shape index (κ3) is 2.46. The predicted octanol–water partition coefficient (Wildman–Crippen LogP) is 3.11. The highest BCUT2D eigenvalue weighted by molar-refractivity contribution is 6.30. The molecule has 14 heavy (non-hydrogen) atoms. The third-order valence-corrected chi connectivity index (χ3v) is 2.76. The monoisotopic (exact) mass is 215 g/mol. The molecule has 0 aliphatic heterocycles. The minimum Gasteiger partial charge on any atom is -0.330 e. The normalized spacial score (nSPS) is 11.8. The third-order valence-electron chi connectivity index (χ3n) is 2.47. The van der Waals surface area contributed by atoms with Gasteiger partial charge in [0.25, 0.3) is 0 Å². The Kier molecular flexibility index (Phi) is 3.51. The molecule has 2 N–H and O–H groups in total. The van der Waals surface area contributed by atoms with Crippen LogP contribution in [-0.4, -0.2) is 6.54 Å². The molecule has 3 heteroatoms. The molecule has 78 valence electrons. The maximum atomic E-state index is 12.9. The summed E-state index contributed by atoms with van der Waals surface area (Å²) in [5.41, 5.74) is 6.49. The molecule has 1 aromatic carbocycles. The maximum absolute atomic E-state index is 12.9. The van der Waals surface area contributed by atoms with Crippen molar-refractivity contribution in [3.05, 3.63) is 34.6 Å². The predicted molar refractivity (Wildman–Crippen MR) is 58.1 cm³/mol. The molecule has 0 amide bonds. The smallest absolute Gasteiger partial charge is 0.141 e. The van der Waals surface area contributed by atoms with Gasteiger partial charge in [0.2, 0.25) is 0 Å². The second-order valence-corrected chi connectivity index (χ2v) is 4.46. The van der Waals surface area contributed by atoms with Gasteiger partial charge >= 0.3 is 0 Å². The van der Waals surface area contributed by atoms with Crippen molar-refractivity contribution in [1.29, 1.82) is 0 Å². The number of hydrogen-bond donors (Lipinski definition) is 1. The highest BCUT2D eigenvalue weighted by Gasteiger charge is 2.20. The van der Waals surface area contributed by atoms with Crippen LogP contribution in [0, 0.1) is 5.82 Å². The highest BCUT2D eigenvalue weighted by atomic mass is 35.5. The molecule has 0 saturated carbocycles. The van der Waals surface area contributed by atoms with Crippen LogP contribution in [0.1, 0.15) is 25.8 Å². The van der Waals surface area contributed by atoms with Gasteiger partial charge in [-0.3, -0.25) is 0 Å². The van der Waals surface area contributed by atoms with Gasteiger partial charge in [0.05, 0.1) is 5.02 Å². The SMILES string of the molecule is CC(C)(CCN)c1ccc(F)c(Cl)c1. The van der Waals surface area contributed by atoms with Crippen LogP contribution in [0.3, 0.4) is 0 Å². The summed E-state index contributed by atoms with van der Waals surface area (Å²) >= 11 is 5.71. The van der Waals surface area contributed by atoms with E-state index in [1.807, 2.05) is 0 Å². The van der Waals surface area contributed by atoms with E-state index in [4.69, 9.17) is 17.3 Å². The summed E-state index contributed by atoms with van der Waals surface area (Å²) in [5.74, 6) is -0.376. The lowest BCUT2D eigenvalue weighted by atomic mass is 9.82. The van der Waals surface area contributed by atoms with Crippen molar-refractivity contribution in [2.24, 2.45) is 5.73 Å². The Bertz CT molecular complexity index is 323. The largest absolute Gasteiger partial charge is 0.330 e. The van der Waals surface area contributed by atoms with Crippen molar-refractivity contribution in [3.8, 4) is 0 Å². The molecule has 0 bridgehead atoms. The molecule has 0 aromatic heterocycles. The Balaban J connectivity index is 3.01. The summed E-state index contributed by atoms with van der Waals surface area (Å²) in [6, 6.07) is 4.83. The molecule has 0 aliphatic carbocycles. The minimum absolute atomic E-state index is 0.0495. The molecule has 1 nitrogen and oxygen atoms in total.